The fourth-order valence-electron chi connectivity index (χ4n) is 5.51. The SMILES string of the molecule is O=C(C1CCCCC1)N1CC[NH+](C2c3ccccc3-c3ccccc32)CC1. The molecule has 0 unspecified atom stereocenters. The van der Waals surface area contributed by atoms with E-state index in [2.05, 4.69) is 53.4 Å². The van der Waals surface area contributed by atoms with Crippen LogP contribution in [0.2, 0.25) is 0 Å². The maximum Gasteiger partial charge on any atom is 0.226 e. The first kappa shape index (κ1) is 17.0. The summed E-state index contributed by atoms with van der Waals surface area (Å²) in [4.78, 5) is 16.7. The predicted octanol–water partition coefficient (Wildman–Crippen LogP) is 3.06. The Bertz CT molecular complexity index is 786. The van der Waals surface area contributed by atoms with Crippen molar-refractivity contribution in [3.63, 3.8) is 0 Å². The zero-order valence-electron chi connectivity index (χ0n) is 16.0. The summed E-state index contributed by atoms with van der Waals surface area (Å²) in [7, 11) is 0. The Balaban J connectivity index is 1.33. The molecule has 0 radical (unpaired) electrons. The Hall–Kier alpha value is -2.13. The first-order valence-electron chi connectivity index (χ1n) is 10.6. The third-order valence-corrected chi connectivity index (χ3v) is 6.91. The topological polar surface area (TPSA) is 24.8 Å². The molecule has 27 heavy (non-hydrogen) atoms. The third kappa shape index (κ3) is 2.98. The van der Waals surface area contributed by atoms with Gasteiger partial charge in [0.15, 0.2) is 0 Å². The molecule has 1 saturated carbocycles. The second-order valence-electron chi connectivity index (χ2n) is 8.43. The molecule has 2 aliphatic carbocycles. The summed E-state index contributed by atoms with van der Waals surface area (Å²) >= 11 is 0. The van der Waals surface area contributed by atoms with E-state index in [-0.39, 0.29) is 0 Å². The van der Waals surface area contributed by atoms with Crippen molar-refractivity contribution in [3.8, 4) is 11.1 Å². The fourth-order valence-corrected chi connectivity index (χ4v) is 5.51. The summed E-state index contributed by atoms with van der Waals surface area (Å²) in [5, 5.41) is 0. The van der Waals surface area contributed by atoms with Gasteiger partial charge >= 0.3 is 0 Å². The molecule has 2 fully saturated rings. The molecular formula is C24H29N2O+. The van der Waals surface area contributed by atoms with Crippen molar-refractivity contribution in [3.05, 3.63) is 59.7 Å². The average Bonchev–Trinajstić information content (AvgIpc) is 3.08. The summed E-state index contributed by atoms with van der Waals surface area (Å²) in [6, 6.07) is 18.2. The van der Waals surface area contributed by atoms with Gasteiger partial charge in [0.05, 0.1) is 26.2 Å². The molecule has 140 valence electrons. The summed E-state index contributed by atoms with van der Waals surface area (Å²) < 4.78 is 0. The first-order valence-corrected chi connectivity index (χ1v) is 10.6. The number of hydrogen-bond acceptors (Lipinski definition) is 1. The van der Waals surface area contributed by atoms with Crippen LogP contribution in [0.3, 0.4) is 0 Å². The molecule has 0 aromatic heterocycles. The van der Waals surface area contributed by atoms with Gasteiger partial charge in [0, 0.05) is 17.0 Å². The lowest BCUT2D eigenvalue weighted by Gasteiger charge is -2.37. The molecule has 2 aromatic rings. The lowest BCUT2D eigenvalue weighted by atomic mass is 9.88. The average molecular weight is 362 g/mol. The third-order valence-electron chi connectivity index (χ3n) is 6.91. The molecule has 3 aliphatic rings. The van der Waals surface area contributed by atoms with Crippen molar-refractivity contribution >= 4 is 5.91 Å². The Labute approximate surface area is 162 Å². The van der Waals surface area contributed by atoms with Crippen LogP contribution in [0.15, 0.2) is 48.5 Å². The highest BCUT2D eigenvalue weighted by Crippen LogP contribution is 2.41. The van der Waals surface area contributed by atoms with Crippen LogP contribution in [0.4, 0.5) is 0 Å². The Morgan fingerprint density at radius 1 is 0.815 bits per heavy atom. The van der Waals surface area contributed by atoms with E-state index in [0.717, 1.165) is 39.0 Å². The normalized spacial score (nSPS) is 21.1. The molecule has 0 bridgehead atoms. The van der Waals surface area contributed by atoms with Gasteiger partial charge in [-0.3, -0.25) is 4.79 Å². The van der Waals surface area contributed by atoms with Gasteiger partial charge in [0.25, 0.3) is 0 Å². The molecule has 5 rings (SSSR count). The molecule has 3 nitrogen and oxygen atoms in total. The number of quaternary nitrogens is 1. The lowest BCUT2D eigenvalue weighted by molar-refractivity contribution is -0.929. The summed E-state index contributed by atoms with van der Waals surface area (Å²) in [6.45, 7) is 3.91. The van der Waals surface area contributed by atoms with Crippen molar-refractivity contribution in [2.45, 2.75) is 38.1 Å². The Kier molecular flexibility index (Phi) is 4.48. The minimum atomic E-state index is 0.299. The Morgan fingerprint density at radius 3 is 1.96 bits per heavy atom. The van der Waals surface area contributed by atoms with E-state index in [9.17, 15) is 4.79 Å². The van der Waals surface area contributed by atoms with E-state index < -0.39 is 0 Å². The van der Waals surface area contributed by atoms with Crippen molar-refractivity contribution in [1.82, 2.24) is 4.90 Å². The number of amides is 1. The predicted molar refractivity (Wildman–Crippen MR) is 108 cm³/mol. The molecule has 1 heterocycles. The maximum absolute atomic E-state index is 12.9. The molecule has 0 atom stereocenters. The molecule has 2 aromatic carbocycles. The van der Waals surface area contributed by atoms with Gasteiger partial charge in [0.2, 0.25) is 5.91 Å². The van der Waals surface area contributed by atoms with E-state index in [1.807, 2.05) is 0 Å². The van der Waals surface area contributed by atoms with Gasteiger partial charge in [-0.1, -0.05) is 67.8 Å². The monoisotopic (exact) mass is 361 g/mol. The molecule has 1 saturated heterocycles. The van der Waals surface area contributed by atoms with E-state index in [0.29, 0.717) is 17.9 Å². The number of carbonyl (C=O) groups is 1. The van der Waals surface area contributed by atoms with E-state index in [1.165, 1.54) is 41.5 Å². The lowest BCUT2D eigenvalue weighted by Crippen LogP contribution is -3.15. The molecule has 1 amide bonds. The minimum absolute atomic E-state index is 0.299. The van der Waals surface area contributed by atoms with E-state index in [4.69, 9.17) is 0 Å². The number of piperazine rings is 1. The molecule has 0 spiro atoms. The summed E-state index contributed by atoms with van der Waals surface area (Å²) in [5.41, 5.74) is 5.71. The molecular weight excluding hydrogens is 332 g/mol. The van der Waals surface area contributed by atoms with Crippen molar-refractivity contribution in [2.75, 3.05) is 26.2 Å². The van der Waals surface area contributed by atoms with Crippen LogP contribution in [0.5, 0.6) is 0 Å². The van der Waals surface area contributed by atoms with Gasteiger partial charge in [0.1, 0.15) is 6.04 Å². The fraction of sp³-hybridized carbons (Fsp3) is 0.458. The van der Waals surface area contributed by atoms with Gasteiger partial charge in [-0.05, 0) is 24.0 Å². The Morgan fingerprint density at radius 2 is 1.37 bits per heavy atom. The van der Waals surface area contributed by atoms with Gasteiger partial charge in [-0.2, -0.15) is 0 Å². The molecule has 1 N–H and O–H groups in total. The van der Waals surface area contributed by atoms with Crippen LogP contribution < -0.4 is 4.90 Å². The van der Waals surface area contributed by atoms with Crippen molar-refractivity contribution in [2.24, 2.45) is 5.92 Å². The highest BCUT2D eigenvalue weighted by atomic mass is 16.2. The van der Waals surface area contributed by atoms with Gasteiger partial charge in [-0.25, -0.2) is 0 Å². The second kappa shape index (κ2) is 7.12. The largest absolute Gasteiger partial charge is 0.331 e. The van der Waals surface area contributed by atoms with Crippen LogP contribution in [0.25, 0.3) is 11.1 Å². The van der Waals surface area contributed by atoms with E-state index >= 15 is 0 Å². The van der Waals surface area contributed by atoms with Crippen LogP contribution >= 0.6 is 0 Å². The number of fused-ring (bicyclic) bond motifs is 3. The number of nitrogens with zero attached hydrogens (tertiary/aromatic N) is 1. The summed E-state index contributed by atoms with van der Waals surface area (Å²) in [6.07, 6.45) is 5.99. The van der Waals surface area contributed by atoms with Crippen LogP contribution in [0.1, 0.15) is 49.3 Å². The van der Waals surface area contributed by atoms with Gasteiger partial charge < -0.3 is 9.80 Å². The molecule has 1 aliphatic heterocycles. The number of nitrogens with one attached hydrogen (secondary N) is 1. The van der Waals surface area contributed by atoms with Crippen molar-refractivity contribution < 1.29 is 9.69 Å². The summed E-state index contributed by atoms with van der Waals surface area (Å²) in [5.74, 6) is 0.731. The zero-order valence-corrected chi connectivity index (χ0v) is 16.0. The smallest absolute Gasteiger partial charge is 0.226 e. The second-order valence-corrected chi connectivity index (χ2v) is 8.43. The standard InChI is InChI=1S/C24H28N2O/c27-24(18-8-2-1-3-9-18)26-16-14-25(15-17-26)23-21-12-6-4-10-19(21)20-11-5-7-13-22(20)23/h4-7,10-13,18,23H,1-3,8-9,14-17H2/p+1. The van der Waals surface area contributed by atoms with E-state index in [1.54, 1.807) is 4.90 Å². The van der Waals surface area contributed by atoms with Crippen LogP contribution in [-0.4, -0.2) is 37.0 Å². The quantitative estimate of drug-likeness (QED) is 0.874. The van der Waals surface area contributed by atoms with Gasteiger partial charge in [-0.15, -0.1) is 0 Å². The van der Waals surface area contributed by atoms with Crippen LogP contribution in [0, 0.1) is 5.92 Å². The highest BCUT2D eigenvalue weighted by molar-refractivity contribution is 5.79. The highest BCUT2D eigenvalue weighted by Gasteiger charge is 2.38. The number of carbonyl (C=O) groups excluding carboxylic acids is 1. The molecule has 3 heteroatoms. The minimum Gasteiger partial charge on any atom is -0.331 e. The first-order chi connectivity index (χ1) is 13.3. The number of hydrogen-bond donors (Lipinski definition) is 1. The van der Waals surface area contributed by atoms with Crippen molar-refractivity contribution in [1.29, 1.82) is 0 Å². The number of benzene rings is 2. The maximum atomic E-state index is 12.9. The number of rotatable bonds is 2. The van der Waals surface area contributed by atoms with Crippen LogP contribution in [-0.2, 0) is 4.79 Å². The zero-order chi connectivity index (χ0) is 18.2.